The minimum Gasteiger partial charge on any atom is -0.340 e. The molecule has 1 N–H and O–H groups in total. The van der Waals surface area contributed by atoms with Gasteiger partial charge in [0, 0.05) is 31.2 Å². The molecular weight excluding hydrogens is 286 g/mol. The lowest BCUT2D eigenvalue weighted by atomic mass is 10.1. The minimum atomic E-state index is 0.159. The van der Waals surface area contributed by atoms with Crippen molar-refractivity contribution in [2.24, 2.45) is 0 Å². The molecule has 1 aromatic rings. The number of rotatable bonds is 5. The molecule has 2 rings (SSSR count). The number of hydrogen-bond acceptors (Lipinski definition) is 3. The van der Waals surface area contributed by atoms with Gasteiger partial charge in [-0.2, -0.15) is 0 Å². The smallest absolute Gasteiger partial charge is 0.236 e. The van der Waals surface area contributed by atoms with Gasteiger partial charge in [0.2, 0.25) is 5.91 Å². The fourth-order valence-corrected chi connectivity index (χ4v) is 2.96. The summed E-state index contributed by atoms with van der Waals surface area (Å²) in [5.41, 5.74) is 1.06. The lowest BCUT2D eigenvalue weighted by molar-refractivity contribution is -0.132. The zero-order valence-electron chi connectivity index (χ0n) is 12.8. The number of piperidine rings is 1. The van der Waals surface area contributed by atoms with Crippen LogP contribution in [0.3, 0.4) is 0 Å². The molecule has 1 amide bonds. The first-order valence-corrected chi connectivity index (χ1v) is 7.84. The molecular formula is C16H24ClN3O. The average molecular weight is 310 g/mol. The van der Waals surface area contributed by atoms with Crippen molar-refractivity contribution in [2.75, 3.05) is 33.7 Å². The van der Waals surface area contributed by atoms with E-state index < -0.39 is 0 Å². The Morgan fingerprint density at radius 3 is 3.05 bits per heavy atom. The Morgan fingerprint density at radius 1 is 1.52 bits per heavy atom. The van der Waals surface area contributed by atoms with E-state index in [4.69, 9.17) is 11.6 Å². The summed E-state index contributed by atoms with van der Waals surface area (Å²) in [7, 11) is 3.84. The fraction of sp³-hybridized carbons (Fsp3) is 0.562. The van der Waals surface area contributed by atoms with Crippen LogP contribution in [0.5, 0.6) is 0 Å². The molecule has 1 aromatic carbocycles. The van der Waals surface area contributed by atoms with E-state index in [1.807, 2.05) is 38.4 Å². The third-order valence-electron chi connectivity index (χ3n) is 4.01. The van der Waals surface area contributed by atoms with Gasteiger partial charge < -0.3 is 10.2 Å². The Balaban J connectivity index is 1.85. The second kappa shape index (κ2) is 7.78. The maximum absolute atomic E-state index is 12.3. The summed E-state index contributed by atoms with van der Waals surface area (Å²) >= 11 is 5.98. The first-order valence-electron chi connectivity index (χ1n) is 7.46. The number of likely N-dealkylation sites (N-methyl/N-ethyl adjacent to an activating group) is 2. The number of hydrogen-bond donors (Lipinski definition) is 1. The molecule has 0 bridgehead atoms. The average Bonchev–Trinajstić information content (AvgIpc) is 2.47. The molecule has 21 heavy (non-hydrogen) atoms. The van der Waals surface area contributed by atoms with Crippen LogP contribution < -0.4 is 5.32 Å². The summed E-state index contributed by atoms with van der Waals surface area (Å²) in [5.74, 6) is 0.159. The van der Waals surface area contributed by atoms with Gasteiger partial charge >= 0.3 is 0 Å². The molecule has 1 unspecified atom stereocenters. The second-order valence-corrected chi connectivity index (χ2v) is 6.18. The van der Waals surface area contributed by atoms with Crippen molar-refractivity contribution in [3.05, 3.63) is 34.9 Å². The molecule has 1 saturated heterocycles. The summed E-state index contributed by atoms with van der Waals surface area (Å²) in [4.78, 5) is 16.3. The monoisotopic (exact) mass is 309 g/mol. The zero-order valence-corrected chi connectivity index (χ0v) is 13.6. The quantitative estimate of drug-likeness (QED) is 0.903. The van der Waals surface area contributed by atoms with E-state index >= 15 is 0 Å². The summed E-state index contributed by atoms with van der Waals surface area (Å²) in [5, 5.41) is 4.01. The van der Waals surface area contributed by atoms with Crippen molar-refractivity contribution in [2.45, 2.75) is 25.4 Å². The van der Waals surface area contributed by atoms with E-state index in [9.17, 15) is 4.79 Å². The molecule has 1 aliphatic heterocycles. The lowest BCUT2D eigenvalue weighted by Gasteiger charge is -2.33. The Morgan fingerprint density at radius 2 is 2.33 bits per heavy atom. The summed E-state index contributed by atoms with van der Waals surface area (Å²) in [6.45, 7) is 3.06. The highest BCUT2D eigenvalue weighted by molar-refractivity contribution is 6.30. The van der Waals surface area contributed by atoms with Gasteiger partial charge in [-0.25, -0.2) is 0 Å². The van der Waals surface area contributed by atoms with Crippen LogP contribution >= 0.6 is 11.6 Å². The van der Waals surface area contributed by atoms with E-state index in [-0.39, 0.29) is 5.91 Å². The Hall–Kier alpha value is -1.10. The van der Waals surface area contributed by atoms with Crippen LogP contribution in [-0.2, 0) is 11.3 Å². The predicted molar refractivity (Wildman–Crippen MR) is 86.4 cm³/mol. The van der Waals surface area contributed by atoms with Crippen LogP contribution in [0.1, 0.15) is 18.4 Å². The molecule has 1 fully saturated rings. The second-order valence-electron chi connectivity index (χ2n) is 5.74. The predicted octanol–water partition coefficient (Wildman–Crippen LogP) is 1.98. The summed E-state index contributed by atoms with van der Waals surface area (Å²) in [6, 6.07) is 8.16. The van der Waals surface area contributed by atoms with Gasteiger partial charge in [-0.15, -0.1) is 0 Å². The molecule has 0 saturated carbocycles. The molecule has 1 aliphatic rings. The van der Waals surface area contributed by atoms with Gasteiger partial charge in [0.15, 0.2) is 0 Å². The summed E-state index contributed by atoms with van der Waals surface area (Å²) < 4.78 is 0. The number of nitrogens with one attached hydrogen (secondary N) is 1. The highest BCUT2D eigenvalue weighted by Crippen LogP contribution is 2.13. The van der Waals surface area contributed by atoms with E-state index in [0.29, 0.717) is 24.2 Å². The Bertz CT molecular complexity index is 480. The molecule has 116 valence electrons. The fourth-order valence-electron chi connectivity index (χ4n) is 2.74. The zero-order chi connectivity index (χ0) is 15.2. The number of halogens is 1. The SMILES string of the molecule is CNC1CCCN(CC(=O)N(C)Cc2cccc(Cl)c2)C1. The third-order valence-corrected chi connectivity index (χ3v) is 4.24. The largest absolute Gasteiger partial charge is 0.340 e. The van der Waals surface area contributed by atoms with Crippen LogP contribution in [0.2, 0.25) is 5.02 Å². The lowest BCUT2D eigenvalue weighted by Crippen LogP contribution is -2.48. The summed E-state index contributed by atoms with van der Waals surface area (Å²) in [6.07, 6.45) is 2.34. The molecule has 0 radical (unpaired) electrons. The Labute approximate surface area is 132 Å². The van der Waals surface area contributed by atoms with Crippen LogP contribution in [0.25, 0.3) is 0 Å². The Kier molecular flexibility index (Phi) is 6.03. The highest BCUT2D eigenvalue weighted by atomic mass is 35.5. The van der Waals surface area contributed by atoms with E-state index in [2.05, 4.69) is 10.2 Å². The van der Waals surface area contributed by atoms with Crippen LogP contribution in [0.15, 0.2) is 24.3 Å². The van der Waals surface area contributed by atoms with E-state index in [1.165, 1.54) is 6.42 Å². The molecule has 5 heteroatoms. The first-order chi connectivity index (χ1) is 10.1. The van der Waals surface area contributed by atoms with Crippen molar-refractivity contribution in [3.63, 3.8) is 0 Å². The van der Waals surface area contributed by atoms with Crippen molar-refractivity contribution >= 4 is 17.5 Å². The molecule has 0 spiro atoms. The number of carbonyl (C=O) groups excluding carboxylic acids is 1. The van der Waals surface area contributed by atoms with Crippen molar-refractivity contribution in [3.8, 4) is 0 Å². The number of benzene rings is 1. The molecule has 0 aromatic heterocycles. The third kappa shape index (κ3) is 4.99. The first kappa shape index (κ1) is 16.3. The standard InChI is InChI=1S/C16H24ClN3O/c1-18-15-7-4-8-20(11-15)12-16(21)19(2)10-13-5-3-6-14(17)9-13/h3,5-6,9,15,18H,4,7-8,10-12H2,1-2H3. The molecule has 1 heterocycles. The van der Waals surface area contributed by atoms with E-state index in [0.717, 1.165) is 25.1 Å². The maximum atomic E-state index is 12.3. The van der Waals surface area contributed by atoms with Crippen LogP contribution in [0.4, 0.5) is 0 Å². The minimum absolute atomic E-state index is 0.159. The molecule has 1 atom stereocenters. The van der Waals surface area contributed by atoms with Gasteiger partial charge in [-0.1, -0.05) is 23.7 Å². The maximum Gasteiger partial charge on any atom is 0.236 e. The van der Waals surface area contributed by atoms with Gasteiger partial charge in [0.1, 0.15) is 0 Å². The van der Waals surface area contributed by atoms with Crippen molar-refractivity contribution < 1.29 is 4.79 Å². The molecule has 4 nitrogen and oxygen atoms in total. The van der Waals surface area contributed by atoms with Gasteiger partial charge in [0.25, 0.3) is 0 Å². The van der Waals surface area contributed by atoms with Crippen LogP contribution in [0, 0.1) is 0 Å². The molecule has 0 aliphatic carbocycles. The number of carbonyl (C=O) groups is 1. The number of likely N-dealkylation sites (tertiary alicyclic amines) is 1. The number of amides is 1. The highest BCUT2D eigenvalue weighted by Gasteiger charge is 2.21. The van der Waals surface area contributed by atoms with Crippen molar-refractivity contribution in [1.29, 1.82) is 0 Å². The van der Waals surface area contributed by atoms with Crippen molar-refractivity contribution in [1.82, 2.24) is 15.1 Å². The topological polar surface area (TPSA) is 35.6 Å². The van der Waals surface area contributed by atoms with Gasteiger partial charge in [-0.3, -0.25) is 9.69 Å². The van der Waals surface area contributed by atoms with Gasteiger partial charge in [0.05, 0.1) is 6.54 Å². The van der Waals surface area contributed by atoms with Gasteiger partial charge in [-0.05, 0) is 44.1 Å². The normalized spacial score (nSPS) is 19.5. The van der Waals surface area contributed by atoms with Crippen LogP contribution in [-0.4, -0.2) is 55.5 Å². The van der Waals surface area contributed by atoms with E-state index in [1.54, 1.807) is 4.90 Å². The number of nitrogens with zero attached hydrogens (tertiary/aromatic N) is 2.